The van der Waals surface area contributed by atoms with Crippen molar-refractivity contribution in [2.24, 2.45) is 13.0 Å². The van der Waals surface area contributed by atoms with Gasteiger partial charge < -0.3 is 9.73 Å². The number of piperidine rings is 1. The number of nitrogens with zero attached hydrogens (tertiary/aromatic N) is 2. The van der Waals surface area contributed by atoms with E-state index in [1.165, 1.54) is 39.4 Å². The minimum Gasteiger partial charge on any atom is -0.408 e. The van der Waals surface area contributed by atoms with Gasteiger partial charge in [-0.2, -0.15) is 4.31 Å². The highest BCUT2D eigenvalue weighted by molar-refractivity contribution is 7.89. The molecular weight excluding hydrogens is 418 g/mol. The topological polar surface area (TPSA) is 102 Å². The van der Waals surface area contributed by atoms with Crippen molar-refractivity contribution in [2.75, 3.05) is 19.6 Å². The van der Waals surface area contributed by atoms with Crippen molar-refractivity contribution >= 4 is 27.0 Å². The van der Waals surface area contributed by atoms with Crippen LogP contribution in [0.1, 0.15) is 44.9 Å². The van der Waals surface area contributed by atoms with Gasteiger partial charge in [-0.1, -0.05) is 11.6 Å². The van der Waals surface area contributed by atoms with E-state index in [2.05, 4.69) is 11.4 Å². The highest BCUT2D eigenvalue weighted by atomic mass is 32.2. The lowest BCUT2D eigenvalue weighted by atomic mass is 9.96. The maximum atomic E-state index is 13.0. The Kier molecular flexibility index (Phi) is 6.34. The molecule has 1 aromatic heterocycles. The van der Waals surface area contributed by atoms with Crippen molar-refractivity contribution in [3.05, 3.63) is 40.4 Å². The molecular formula is C22H29N3O5S. The van der Waals surface area contributed by atoms with Gasteiger partial charge in [0.05, 0.1) is 10.4 Å². The summed E-state index contributed by atoms with van der Waals surface area (Å²) in [7, 11) is -2.14. The van der Waals surface area contributed by atoms with Crippen LogP contribution >= 0.6 is 0 Å². The molecule has 1 fully saturated rings. The third-order valence-corrected chi connectivity index (χ3v) is 8.25. The summed E-state index contributed by atoms with van der Waals surface area (Å²) < 4.78 is 33.9. The summed E-state index contributed by atoms with van der Waals surface area (Å²) in [5, 5.41) is 3.02. The summed E-state index contributed by atoms with van der Waals surface area (Å²) in [5.74, 6) is -0.682. The number of amides is 1. The molecule has 0 unspecified atom stereocenters. The smallest absolute Gasteiger partial charge is 0.408 e. The number of aromatic nitrogens is 1. The lowest BCUT2D eigenvalue weighted by Gasteiger charge is -2.30. The molecule has 9 heteroatoms. The molecule has 1 amide bonds. The zero-order chi connectivity index (χ0) is 22.0. The zero-order valence-corrected chi connectivity index (χ0v) is 18.6. The van der Waals surface area contributed by atoms with Gasteiger partial charge in [-0.25, -0.2) is 13.2 Å². The molecule has 1 aromatic carbocycles. The quantitative estimate of drug-likeness (QED) is 0.686. The number of carbonyl (C=O) groups is 1. The second-order valence-corrected chi connectivity index (χ2v) is 10.3. The number of rotatable bonds is 6. The van der Waals surface area contributed by atoms with Gasteiger partial charge >= 0.3 is 5.76 Å². The zero-order valence-electron chi connectivity index (χ0n) is 17.8. The molecule has 0 radical (unpaired) electrons. The number of oxazole rings is 1. The molecule has 2 aliphatic rings. The van der Waals surface area contributed by atoms with E-state index < -0.39 is 15.8 Å². The van der Waals surface area contributed by atoms with Crippen molar-refractivity contribution in [3.8, 4) is 0 Å². The highest BCUT2D eigenvalue weighted by Crippen LogP contribution is 2.26. The number of allylic oxidation sites excluding steroid dienone is 1. The number of hydrogen-bond donors (Lipinski definition) is 1. The lowest BCUT2D eigenvalue weighted by Crippen LogP contribution is -2.43. The van der Waals surface area contributed by atoms with Crippen LogP contribution in [0.4, 0.5) is 0 Å². The molecule has 1 aliphatic heterocycles. The Bertz CT molecular complexity index is 1150. The fraction of sp³-hybridized carbons (Fsp3) is 0.545. The van der Waals surface area contributed by atoms with E-state index in [9.17, 15) is 18.0 Å². The number of benzene rings is 1. The van der Waals surface area contributed by atoms with Crippen molar-refractivity contribution < 1.29 is 17.6 Å². The average Bonchev–Trinajstić information content (AvgIpc) is 3.07. The van der Waals surface area contributed by atoms with Crippen LogP contribution in [0.5, 0.6) is 0 Å². The molecule has 8 nitrogen and oxygen atoms in total. The van der Waals surface area contributed by atoms with E-state index in [1.54, 1.807) is 13.1 Å². The summed E-state index contributed by atoms with van der Waals surface area (Å²) >= 11 is 0. The van der Waals surface area contributed by atoms with Gasteiger partial charge in [-0.05, 0) is 57.1 Å². The molecule has 31 heavy (non-hydrogen) atoms. The van der Waals surface area contributed by atoms with E-state index >= 15 is 0 Å². The largest absolute Gasteiger partial charge is 0.419 e. The van der Waals surface area contributed by atoms with Crippen LogP contribution in [0.2, 0.25) is 0 Å². The molecule has 4 rings (SSSR count). The number of fused-ring (bicyclic) bond motifs is 1. The Balaban J connectivity index is 1.33. The first-order chi connectivity index (χ1) is 14.9. The highest BCUT2D eigenvalue weighted by Gasteiger charge is 2.32. The summed E-state index contributed by atoms with van der Waals surface area (Å²) in [4.78, 5) is 24.3. The van der Waals surface area contributed by atoms with Crippen LogP contribution in [-0.4, -0.2) is 42.8 Å². The second-order valence-electron chi connectivity index (χ2n) is 8.38. The summed E-state index contributed by atoms with van der Waals surface area (Å²) in [5.41, 5.74) is 2.22. The van der Waals surface area contributed by atoms with E-state index in [0.29, 0.717) is 38.0 Å². The van der Waals surface area contributed by atoms with Gasteiger partial charge in [0, 0.05) is 38.7 Å². The van der Waals surface area contributed by atoms with Gasteiger partial charge in [0.2, 0.25) is 15.9 Å². The molecule has 2 aromatic rings. The van der Waals surface area contributed by atoms with Gasteiger partial charge in [0.1, 0.15) is 0 Å². The minimum absolute atomic E-state index is 0.0148. The van der Waals surface area contributed by atoms with Gasteiger partial charge in [0.25, 0.3) is 0 Å². The van der Waals surface area contributed by atoms with Crippen LogP contribution in [0, 0.1) is 5.92 Å². The molecule has 0 saturated carbocycles. The summed E-state index contributed by atoms with van der Waals surface area (Å²) in [6.45, 7) is 1.23. The molecule has 1 N–H and O–H groups in total. The van der Waals surface area contributed by atoms with Crippen LogP contribution in [0.25, 0.3) is 11.1 Å². The molecule has 0 bridgehead atoms. The number of nitrogens with one attached hydrogen (secondary N) is 1. The first-order valence-corrected chi connectivity index (χ1v) is 12.4. The molecule has 1 saturated heterocycles. The normalized spacial score (nSPS) is 18.8. The SMILES string of the molecule is Cn1c(=O)oc2cc(S(=O)(=O)N3CCC(C(=O)NCCC4=CCCCC4)CC3)ccc21. The predicted octanol–water partition coefficient (Wildman–Crippen LogP) is 2.54. The lowest BCUT2D eigenvalue weighted by molar-refractivity contribution is -0.126. The summed E-state index contributed by atoms with van der Waals surface area (Å²) in [6, 6.07) is 4.46. The van der Waals surface area contributed by atoms with E-state index in [-0.39, 0.29) is 22.3 Å². The van der Waals surface area contributed by atoms with Crippen molar-refractivity contribution in [1.82, 2.24) is 14.2 Å². The van der Waals surface area contributed by atoms with E-state index in [0.717, 1.165) is 19.3 Å². The number of hydrogen-bond acceptors (Lipinski definition) is 5. The van der Waals surface area contributed by atoms with Crippen LogP contribution < -0.4 is 11.1 Å². The standard InChI is InChI=1S/C22H29N3O5S/c1-24-19-8-7-18(15-20(19)30-22(24)27)31(28,29)25-13-10-17(11-14-25)21(26)23-12-9-16-5-3-2-4-6-16/h5,7-8,15,17H,2-4,6,9-14H2,1H3,(H,23,26). The Morgan fingerprint density at radius 1 is 1.23 bits per heavy atom. The maximum Gasteiger partial charge on any atom is 0.419 e. The second kappa shape index (κ2) is 9.00. The Hall–Kier alpha value is -2.39. The Morgan fingerprint density at radius 3 is 2.71 bits per heavy atom. The molecule has 168 valence electrons. The van der Waals surface area contributed by atoms with Crippen LogP contribution in [0.15, 0.2) is 44.0 Å². The molecule has 1 aliphatic carbocycles. The fourth-order valence-corrected chi connectivity index (χ4v) is 5.89. The van der Waals surface area contributed by atoms with Crippen LogP contribution in [0.3, 0.4) is 0 Å². The molecule has 0 atom stereocenters. The Labute approximate surface area is 182 Å². The van der Waals surface area contributed by atoms with Crippen LogP contribution in [-0.2, 0) is 21.9 Å². The number of aryl methyl sites for hydroxylation is 1. The fourth-order valence-electron chi connectivity index (χ4n) is 4.40. The first kappa shape index (κ1) is 21.8. The molecule has 0 spiro atoms. The first-order valence-electron chi connectivity index (χ1n) is 10.9. The average molecular weight is 448 g/mol. The molecule has 2 heterocycles. The predicted molar refractivity (Wildman–Crippen MR) is 117 cm³/mol. The van der Waals surface area contributed by atoms with Gasteiger partial charge in [0.15, 0.2) is 5.58 Å². The minimum atomic E-state index is -3.71. The van der Waals surface area contributed by atoms with E-state index in [1.807, 2.05) is 0 Å². The maximum absolute atomic E-state index is 13.0. The third-order valence-electron chi connectivity index (χ3n) is 6.36. The third kappa shape index (κ3) is 4.62. The Morgan fingerprint density at radius 2 is 2.00 bits per heavy atom. The van der Waals surface area contributed by atoms with Crippen molar-refractivity contribution in [1.29, 1.82) is 0 Å². The van der Waals surface area contributed by atoms with Gasteiger partial charge in [-0.15, -0.1) is 0 Å². The number of sulfonamides is 1. The summed E-state index contributed by atoms with van der Waals surface area (Å²) in [6.07, 6.45) is 8.94. The number of carbonyl (C=O) groups excluding carboxylic acids is 1. The van der Waals surface area contributed by atoms with Crippen molar-refractivity contribution in [3.63, 3.8) is 0 Å². The van der Waals surface area contributed by atoms with E-state index in [4.69, 9.17) is 4.42 Å². The monoisotopic (exact) mass is 447 g/mol. The van der Waals surface area contributed by atoms with Gasteiger partial charge in [-0.3, -0.25) is 9.36 Å². The van der Waals surface area contributed by atoms with Crippen molar-refractivity contribution in [2.45, 2.75) is 49.8 Å².